The number of hydrogen-bond donors (Lipinski definition) is 2. The Bertz CT molecular complexity index is 1210. The fourth-order valence-corrected chi connectivity index (χ4v) is 4.47. The van der Waals surface area contributed by atoms with Crippen molar-refractivity contribution in [1.29, 1.82) is 0 Å². The van der Waals surface area contributed by atoms with Crippen molar-refractivity contribution in [3.63, 3.8) is 0 Å². The van der Waals surface area contributed by atoms with Crippen molar-refractivity contribution in [2.24, 2.45) is 0 Å². The molecule has 1 atom stereocenters. The zero-order chi connectivity index (χ0) is 23.3. The van der Waals surface area contributed by atoms with E-state index in [0.717, 1.165) is 47.4 Å². The molecule has 3 aromatic carbocycles. The number of benzene rings is 3. The molecule has 0 bridgehead atoms. The van der Waals surface area contributed by atoms with Gasteiger partial charge in [0.25, 0.3) is 0 Å². The lowest BCUT2D eigenvalue weighted by atomic mass is 9.87. The van der Waals surface area contributed by atoms with Gasteiger partial charge in [-0.15, -0.1) is 0 Å². The van der Waals surface area contributed by atoms with Gasteiger partial charge in [0.1, 0.15) is 11.4 Å². The summed E-state index contributed by atoms with van der Waals surface area (Å²) in [5.74, 6) is 1.13. The van der Waals surface area contributed by atoms with Crippen LogP contribution in [0.4, 0.5) is 0 Å². The molecule has 172 valence electrons. The fraction of sp³-hybridized carbons (Fsp3) is 0.214. The summed E-state index contributed by atoms with van der Waals surface area (Å²) in [6.07, 6.45) is 2.61. The van der Waals surface area contributed by atoms with Gasteiger partial charge in [0.05, 0.1) is 6.54 Å². The van der Waals surface area contributed by atoms with Gasteiger partial charge in [-0.3, -0.25) is 0 Å². The molecule has 6 nitrogen and oxygen atoms in total. The van der Waals surface area contributed by atoms with E-state index >= 15 is 0 Å². The summed E-state index contributed by atoms with van der Waals surface area (Å²) in [6.45, 7) is 0.206. The van der Waals surface area contributed by atoms with Gasteiger partial charge in [-0.25, -0.2) is 9.78 Å². The molecule has 0 fully saturated rings. The second kappa shape index (κ2) is 9.93. The molecular weight excluding hydrogens is 428 g/mol. The molecule has 0 spiro atoms. The Morgan fingerprint density at radius 2 is 1.74 bits per heavy atom. The van der Waals surface area contributed by atoms with Crippen LogP contribution in [0.1, 0.15) is 23.4 Å². The van der Waals surface area contributed by atoms with Gasteiger partial charge in [0.2, 0.25) is 5.89 Å². The monoisotopic (exact) mass is 454 g/mol. The van der Waals surface area contributed by atoms with E-state index in [9.17, 15) is 4.79 Å². The van der Waals surface area contributed by atoms with Crippen LogP contribution in [0.2, 0.25) is 0 Å². The minimum absolute atomic E-state index is 0.273. The van der Waals surface area contributed by atoms with E-state index in [2.05, 4.69) is 11.4 Å². The molecule has 4 aromatic rings. The van der Waals surface area contributed by atoms with Crippen molar-refractivity contribution in [1.82, 2.24) is 10.3 Å². The zero-order valence-corrected chi connectivity index (χ0v) is 18.7. The Kier molecular flexibility index (Phi) is 6.40. The number of aromatic nitrogens is 1. The van der Waals surface area contributed by atoms with E-state index in [-0.39, 0.29) is 12.6 Å². The van der Waals surface area contributed by atoms with Crippen molar-refractivity contribution in [2.45, 2.75) is 31.8 Å². The van der Waals surface area contributed by atoms with Gasteiger partial charge in [0.15, 0.2) is 12.4 Å². The zero-order valence-electron chi connectivity index (χ0n) is 18.7. The van der Waals surface area contributed by atoms with E-state index in [0.29, 0.717) is 18.2 Å². The fourth-order valence-electron chi connectivity index (χ4n) is 4.47. The van der Waals surface area contributed by atoms with Crippen LogP contribution < -0.4 is 10.1 Å². The van der Waals surface area contributed by atoms with Crippen LogP contribution in [0.3, 0.4) is 0 Å². The van der Waals surface area contributed by atoms with Gasteiger partial charge < -0.3 is 19.6 Å². The van der Waals surface area contributed by atoms with Crippen LogP contribution in [-0.4, -0.2) is 28.7 Å². The van der Waals surface area contributed by atoms with Crippen molar-refractivity contribution < 1.29 is 19.1 Å². The maximum Gasteiger partial charge on any atom is 0.341 e. The highest BCUT2D eigenvalue weighted by Gasteiger charge is 2.23. The molecule has 34 heavy (non-hydrogen) atoms. The number of ether oxygens (including phenoxy) is 1. The number of carbonyl (C=O) groups is 1. The van der Waals surface area contributed by atoms with E-state index in [4.69, 9.17) is 19.2 Å². The summed E-state index contributed by atoms with van der Waals surface area (Å²) in [6, 6.07) is 26.3. The number of hydrogen-bond acceptors (Lipinski definition) is 5. The summed E-state index contributed by atoms with van der Waals surface area (Å²) in [5, 5.41) is 12.5. The highest BCUT2D eigenvalue weighted by molar-refractivity contribution is 5.76. The number of oxazole rings is 1. The topological polar surface area (TPSA) is 84.6 Å². The second-order valence-electron chi connectivity index (χ2n) is 8.41. The Hall–Kier alpha value is -3.90. The van der Waals surface area contributed by atoms with E-state index in [1.165, 1.54) is 5.56 Å². The number of aliphatic carboxylic acids is 1. The largest absolute Gasteiger partial charge is 0.482 e. The SMILES string of the molecule is O=C(O)COc1cccc2c1CCC(NCc1nc(-c3ccccc3)c(-c3ccccc3)o1)C2. The molecular formula is C28H26N2O4. The first-order valence-corrected chi connectivity index (χ1v) is 11.5. The highest BCUT2D eigenvalue weighted by atomic mass is 16.5. The predicted molar refractivity (Wildman–Crippen MR) is 130 cm³/mol. The molecule has 6 heteroatoms. The Morgan fingerprint density at radius 3 is 2.47 bits per heavy atom. The average Bonchev–Trinajstić information content (AvgIpc) is 3.31. The molecule has 0 amide bonds. The molecule has 1 aliphatic carbocycles. The number of rotatable bonds is 8. The summed E-state index contributed by atoms with van der Waals surface area (Å²) < 4.78 is 11.7. The van der Waals surface area contributed by atoms with Gasteiger partial charge in [-0.05, 0) is 36.5 Å². The number of nitrogens with zero attached hydrogens (tertiary/aromatic N) is 1. The summed E-state index contributed by atoms with van der Waals surface area (Å²) in [4.78, 5) is 15.7. The molecule has 5 rings (SSSR count). The first kappa shape index (κ1) is 21.9. The Labute approximate surface area is 198 Å². The van der Waals surface area contributed by atoms with E-state index in [1.54, 1.807) is 0 Å². The molecule has 0 radical (unpaired) electrons. The third-order valence-corrected chi connectivity index (χ3v) is 6.09. The highest BCUT2D eigenvalue weighted by Crippen LogP contribution is 2.33. The van der Waals surface area contributed by atoms with Crippen LogP contribution in [-0.2, 0) is 24.2 Å². The summed E-state index contributed by atoms with van der Waals surface area (Å²) in [5.41, 5.74) is 5.17. The predicted octanol–water partition coefficient (Wildman–Crippen LogP) is 5.12. The average molecular weight is 455 g/mol. The number of carboxylic acid groups (broad SMARTS) is 1. The number of fused-ring (bicyclic) bond motifs is 1. The third kappa shape index (κ3) is 4.87. The van der Waals surface area contributed by atoms with Gasteiger partial charge in [-0.2, -0.15) is 0 Å². The van der Waals surface area contributed by atoms with Crippen LogP contribution >= 0.6 is 0 Å². The van der Waals surface area contributed by atoms with E-state index in [1.807, 2.05) is 72.8 Å². The third-order valence-electron chi connectivity index (χ3n) is 6.09. The van der Waals surface area contributed by atoms with Crippen molar-refractivity contribution in [2.75, 3.05) is 6.61 Å². The normalized spacial score (nSPS) is 15.0. The summed E-state index contributed by atoms with van der Waals surface area (Å²) >= 11 is 0. The quantitative estimate of drug-likeness (QED) is 0.384. The van der Waals surface area contributed by atoms with Crippen molar-refractivity contribution >= 4 is 5.97 Å². The first-order chi connectivity index (χ1) is 16.7. The molecule has 1 aromatic heterocycles. The minimum Gasteiger partial charge on any atom is -0.482 e. The minimum atomic E-state index is -0.969. The maximum absolute atomic E-state index is 10.9. The lowest BCUT2D eigenvalue weighted by Gasteiger charge is -2.26. The Morgan fingerprint density at radius 1 is 1.00 bits per heavy atom. The first-order valence-electron chi connectivity index (χ1n) is 11.5. The lowest BCUT2D eigenvalue weighted by molar-refractivity contribution is -0.139. The van der Waals surface area contributed by atoms with Crippen molar-refractivity contribution in [3.05, 3.63) is 95.9 Å². The van der Waals surface area contributed by atoms with Crippen LogP contribution in [0.15, 0.2) is 83.3 Å². The summed E-state index contributed by atoms with van der Waals surface area (Å²) in [7, 11) is 0. The molecule has 1 unspecified atom stereocenters. The molecule has 2 N–H and O–H groups in total. The van der Waals surface area contributed by atoms with Crippen LogP contribution in [0.25, 0.3) is 22.6 Å². The standard InChI is InChI=1S/C28H26N2O4/c31-26(32)18-33-24-13-7-12-21-16-22(14-15-23(21)24)29-17-25-30-27(19-8-3-1-4-9-19)28(34-25)20-10-5-2-6-11-20/h1-13,22,29H,14-18H2,(H,31,32). The van der Waals surface area contributed by atoms with Crippen LogP contribution in [0, 0.1) is 0 Å². The van der Waals surface area contributed by atoms with Gasteiger partial charge in [0, 0.05) is 17.2 Å². The lowest BCUT2D eigenvalue weighted by Crippen LogP contribution is -2.34. The number of carboxylic acids is 1. The second-order valence-corrected chi connectivity index (χ2v) is 8.41. The van der Waals surface area contributed by atoms with Crippen LogP contribution in [0.5, 0.6) is 5.75 Å². The molecule has 0 saturated heterocycles. The molecule has 1 aliphatic rings. The van der Waals surface area contributed by atoms with Gasteiger partial charge >= 0.3 is 5.97 Å². The maximum atomic E-state index is 10.9. The number of nitrogens with one attached hydrogen (secondary N) is 1. The molecule has 0 saturated carbocycles. The van der Waals surface area contributed by atoms with E-state index < -0.39 is 5.97 Å². The smallest absolute Gasteiger partial charge is 0.341 e. The molecule has 1 heterocycles. The molecule has 0 aliphatic heterocycles. The van der Waals surface area contributed by atoms with Gasteiger partial charge in [-0.1, -0.05) is 72.8 Å². The van der Waals surface area contributed by atoms with Crippen molar-refractivity contribution in [3.8, 4) is 28.3 Å². The Balaban J connectivity index is 1.31.